The van der Waals surface area contributed by atoms with Gasteiger partial charge in [0.2, 0.25) is 5.91 Å². The number of hydrogen-bond acceptors (Lipinski definition) is 5. The van der Waals surface area contributed by atoms with Gasteiger partial charge < -0.3 is 10.2 Å². The minimum atomic E-state index is -0.525. The van der Waals surface area contributed by atoms with Gasteiger partial charge in [-0.15, -0.1) is 0 Å². The van der Waals surface area contributed by atoms with E-state index in [9.17, 15) is 9.18 Å². The lowest BCUT2D eigenvalue weighted by molar-refractivity contribution is -0.117. The number of carbonyl (C=O) groups is 1. The number of nitriles is 1. The number of halogens is 2. The molecule has 1 aromatic carbocycles. The zero-order valence-electron chi connectivity index (χ0n) is 11.2. The zero-order chi connectivity index (χ0) is 15.7. The molecule has 1 fully saturated rings. The molecule has 22 heavy (non-hydrogen) atoms. The quantitative estimate of drug-likeness (QED) is 0.935. The van der Waals surface area contributed by atoms with Crippen molar-refractivity contribution in [1.29, 1.82) is 5.26 Å². The largest absolute Gasteiger partial charge is 0.363 e. The Bertz CT molecular complexity index is 772. The topological polar surface area (TPSA) is 69.0 Å². The van der Waals surface area contributed by atoms with Crippen molar-refractivity contribution < 1.29 is 9.18 Å². The summed E-state index contributed by atoms with van der Waals surface area (Å²) in [5, 5.41) is 12.6. The van der Waals surface area contributed by atoms with Gasteiger partial charge in [-0.25, -0.2) is 4.39 Å². The number of nitrogens with one attached hydrogen (secondary N) is 1. The molecule has 0 radical (unpaired) electrons. The molecular weight excluding hydrogens is 327 g/mol. The van der Waals surface area contributed by atoms with Crippen molar-refractivity contribution in [3.05, 3.63) is 40.8 Å². The highest BCUT2D eigenvalue weighted by Crippen LogP contribution is 2.31. The van der Waals surface area contributed by atoms with Crippen LogP contribution in [-0.4, -0.2) is 22.9 Å². The van der Waals surface area contributed by atoms with Crippen LogP contribution in [0.5, 0.6) is 0 Å². The number of amides is 1. The van der Waals surface area contributed by atoms with E-state index in [1.165, 1.54) is 11.0 Å². The molecule has 8 heteroatoms. The molecule has 0 saturated carbocycles. The summed E-state index contributed by atoms with van der Waals surface area (Å²) in [6.07, 6.45) is 0.507. The van der Waals surface area contributed by atoms with Crippen molar-refractivity contribution >= 4 is 39.7 Å². The van der Waals surface area contributed by atoms with Gasteiger partial charge in [0.15, 0.2) is 5.15 Å². The monoisotopic (exact) mass is 336 g/mol. The standard InChI is InChI=1S/C14H10ClFN4OS/c15-12-8(7-17)13(22-19-12)18-10-5-6-20(14(10)21)11-4-2-1-3-9(11)16/h1-4,10,18H,5-6H2/t10-/m0/s1. The summed E-state index contributed by atoms with van der Waals surface area (Å²) in [7, 11) is 0. The van der Waals surface area contributed by atoms with Crippen molar-refractivity contribution in [3.8, 4) is 6.07 Å². The Balaban J connectivity index is 1.80. The molecular formula is C14H10ClFN4OS. The molecule has 0 unspecified atom stereocenters. The first-order valence-electron chi connectivity index (χ1n) is 6.49. The molecule has 2 heterocycles. The van der Waals surface area contributed by atoms with Gasteiger partial charge in [0.1, 0.15) is 28.5 Å². The van der Waals surface area contributed by atoms with Gasteiger partial charge in [-0.05, 0) is 30.1 Å². The molecule has 1 N–H and O–H groups in total. The number of rotatable bonds is 3. The van der Waals surface area contributed by atoms with Gasteiger partial charge in [-0.2, -0.15) is 9.64 Å². The van der Waals surface area contributed by atoms with E-state index >= 15 is 0 Å². The third-order valence-corrected chi connectivity index (χ3v) is 4.57. The molecule has 112 valence electrons. The molecule has 2 aromatic rings. The van der Waals surface area contributed by atoms with Crippen LogP contribution in [0.25, 0.3) is 0 Å². The smallest absolute Gasteiger partial charge is 0.249 e. The highest BCUT2D eigenvalue weighted by atomic mass is 35.5. The Labute approximate surface area is 135 Å². The van der Waals surface area contributed by atoms with E-state index in [0.29, 0.717) is 18.0 Å². The number of carbonyl (C=O) groups excluding carboxylic acids is 1. The van der Waals surface area contributed by atoms with E-state index in [-0.39, 0.29) is 22.3 Å². The van der Waals surface area contributed by atoms with Crippen LogP contribution in [0.4, 0.5) is 15.1 Å². The number of anilines is 2. The number of benzene rings is 1. The Hall–Kier alpha value is -2.17. The minimum absolute atomic E-state index is 0.117. The second-order valence-electron chi connectivity index (χ2n) is 4.72. The van der Waals surface area contributed by atoms with Crippen molar-refractivity contribution in [2.45, 2.75) is 12.5 Å². The fourth-order valence-corrected chi connectivity index (χ4v) is 3.34. The molecule has 1 aliphatic rings. The first-order valence-corrected chi connectivity index (χ1v) is 7.64. The zero-order valence-corrected chi connectivity index (χ0v) is 12.8. The molecule has 0 aliphatic carbocycles. The summed E-state index contributed by atoms with van der Waals surface area (Å²) in [6, 6.07) is 7.58. The number of hydrogen-bond donors (Lipinski definition) is 1. The van der Waals surface area contributed by atoms with Crippen LogP contribution < -0.4 is 10.2 Å². The van der Waals surface area contributed by atoms with Crippen LogP contribution in [-0.2, 0) is 4.79 Å². The van der Waals surface area contributed by atoms with E-state index in [4.69, 9.17) is 16.9 Å². The number of aromatic nitrogens is 1. The lowest BCUT2D eigenvalue weighted by Gasteiger charge is -2.17. The Morgan fingerprint density at radius 3 is 3.00 bits per heavy atom. The summed E-state index contributed by atoms with van der Waals surface area (Å²) in [5.74, 6) is -0.673. The Morgan fingerprint density at radius 2 is 2.27 bits per heavy atom. The van der Waals surface area contributed by atoms with Crippen molar-refractivity contribution in [1.82, 2.24) is 4.37 Å². The lowest BCUT2D eigenvalue weighted by atomic mass is 10.2. The minimum Gasteiger partial charge on any atom is -0.363 e. The first-order chi connectivity index (χ1) is 10.6. The van der Waals surface area contributed by atoms with Gasteiger partial charge in [0, 0.05) is 6.54 Å². The fourth-order valence-electron chi connectivity index (χ4n) is 2.35. The summed E-state index contributed by atoms with van der Waals surface area (Å²) in [6.45, 7) is 0.409. The third-order valence-electron chi connectivity index (χ3n) is 3.42. The summed E-state index contributed by atoms with van der Waals surface area (Å²) >= 11 is 6.83. The van der Waals surface area contributed by atoms with Crippen molar-refractivity contribution in [3.63, 3.8) is 0 Å². The van der Waals surface area contributed by atoms with Crippen LogP contribution in [0.15, 0.2) is 24.3 Å². The summed E-state index contributed by atoms with van der Waals surface area (Å²) in [5.41, 5.74) is 0.489. The highest BCUT2D eigenvalue weighted by Gasteiger charge is 2.34. The maximum Gasteiger partial charge on any atom is 0.249 e. The van der Waals surface area contributed by atoms with Crippen LogP contribution >= 0.6 is 23.1 Å². The predicted molar refractivity (Wildman–Crippen MR) is 82.6 cm³/mol. The van der Waals surface area contributed by atoms with E-state index in [1.54, 1.807) is 18.2 Å². The molecule has 1 aromatic heterocycles. The van der Waals surface area contributed by atoms with Gasteiger partial charge in [0.05, 0.1) is 5.69 Å². The Kier molecular flexibility index (Phi) is 3.96. The molecule has 1 amide bonds. The van der Waals surface area contributed by atoms with Gasteiger partial charge in [0.25, 0.3) is 0 Å². The highest BCUT2D eigenvalue weighted by molar-refractivity contribution is 7.10. The molecule has 1 aliphatic heterocycles. The van der Waals surface area contributed by atoms with Gasteiger partial charge in [-0.1, -0.05) is 23.7 Å². The molecule has 0 bridgehead atoms. The average molecular weight is 337 g/mol. The first kappa shape index (κ1) is 14.8. The van der Waals surface area contributed by atoms with Crippen LogP contribution in [0.2, 0.25) is 5.15 Å². The molecule has 0 spiro atoms. The van der Waals surface area contributed by atoms with E-state index < -0.39 is 11.9 Å². The van der Waals surface area contributed by atoms with Crippen LogP contribution in [0.1, 0.15) is 12.0 Å². The summed E-state index contributed by atoms with van der Waals surface area (Å²) in [4.78, 5) is 13.8. The Morgan fingerprint density at radius 1 is 1.50 bits per heavy atom. The normalized spacial score (nSPS) is 17.6. The van der Waals surface area contributed by atoms with Crippen molar-refractivity contribution in [2.75, 3.05) is 16.8 Å². The van der Waals surface area contributed by atoms with Crippen LogP contribution in [0, 0.1) is 17.1 Å². The predicted octanol–water partition coefficient (Wildman–Crippen LogP) is 3.02. The average Bonchev–Trinajstić information content (AvgIpc) is 3.04. The SMILES string of the molecule is N#Cc1c(Cl)nsc1N[C@H]1CCN(c2ccccc2F)C1=O. The lowest BCUT2D eigenvalue weighted by Crippen LogP contribution is -2.33. The van der Waals surface area contributed by atoms with Crippen molar-refractivity contribution in [2.24, 2.45) is 0 Å². The van der Waals surface area contributed by atoms with Gasteiger partial charge >= 0.3 is 0 Å². The third kappa shape index (κ3) is 2.51. The maximum atomic E-state index is 13.8. The molecule has 1 atom stereocenters. The number of para-hydroxylation sites is 1. The number of nitrogens with zero attached hydrogens (tertiary/aromatic N) is 3. The second-order valence-corrected chi connectivity index (χ2v) is 5.85. The van der Waals surface area contributed by atoms with Gasteiger partial charge in [-0.3, -0.25) is 4.79 Å². The van der Waals surface area contributed by atoms with E-state index in [1.807, 2.05) is 6.07 Å². The second kappa shape index (κ2) is 5.91. The van der Waals surface area contributed by atoms with Crippen LogP contribution in [0.3, 0.4) is 0 Å². The fraction of sp³-hybridized carbons (Fsp3) is 0.214. The van der Waals surface area contributed by atoms with E-state index in [0.717, 1.165) is 11.5 Å². The van der Waals surface area contributed by atoms with E-state index in [2.05, 4.69) is 9.69 Å². The molecule has 3 rings (SSSR count). The molecule has 5 nitrogen and oxygen atoms in total. The summed E-state index contributed by atoms with van der Waals surface area (Å²) < 4.78 is 17.7. The maximum absolute atomic E-state index is 13.8. The molecule has 1 saturated heterocycles.